The van der Waals surface area contributed by atoms with Crippen LogP contribution in [0, 0.1) is 0 Å². The van der Waals surface area contributed by atoms with E-state index in [1.165, 1.54) is 0 Å². The molecular weight excluding hydrogens is 316 g/mol. The van der Waals surface area contributed by atoms with Gasteiger partial charge in [0.05, 0.1) is 30.0 Å². The van der Waals surface area contributed by atoms with Crippen LogP contribution in [-0.4, -0.2) is 47.0 Å². The molecule has 1 spiro atoms. The second-order valence-corrected chi connectivity index (χ2v) is 7.02. The highest BCUT2D eigenvalue weighted by Crippen LogP contribution is 2.37. The summed E-state index contributed by atoms with van der Waals surface area (Å²) in [5, 5.41) is 7.54. The molecule has 1 atom stereocenters. The zero-order valence-electron chi connectivity index (χ0n) is 14.5. The van der Waals surface area contributed by atoms with Gasteiger partial charge in [0, 0.05) is 18.9 Å². The van der Waals surface area contributed by atoms with Crippen molar-refractivity contribution in [3.05, 3.63) is 48.3 Å². The lowest BCUT2D eigenvalue weighted by atomic mass is 9.87. The first-order valence-corrected chi connectivity index (χ1v) is 8.89. The molecule has 2 aromatic rings. The number of hydrogen-bond acceptors (Lipinski definition) is 4. The average molecular weight is 340 g/mol. The number of nitrogens with one attached hydrogen (secondary N) is 1. The van der Waals surface area contributed by atoms with Crippen LogP contribution >= 0.6 is 0 Å². The van der Waals surface area contributed by atoms with Crippen LogP contribution in [0.25, 0.3) is 0 Å². The van der Waals surface area contributed by atoms with Crippen molar-refractivity contribution in [3.8, 4) is 0 Å². The summed E-state index contributed by atoms with van der Waals surface area (Å²) in [5.74, 6) is -0.0149. The Hall–Kier alpha value is -2.18. The molecule has 0 aliphatic carbocycles. The van der Waals surface area contributed by atoms with Crippen LogP contribution in [0.1, 0.15) is 29.6 Å². The number of carbonyl (C=O) groups excluding carboxylic acids is 1. The van der Waals surface area contributed by atoms with Crippen LogP contribution in [0.3, 0.4) is 0 Å². The van der Waals surface area contributed by atoms with Gasteiger partial charge in [-0.15, -0.1) is 0 Å². The topological polar surface area (TPSA) is 59.4 Å². The molecule has 2 aliphatic rings. The van der Waals surface area contributed by atoms with E-state index in [1.807, 2.05) is 42.3 Å². The maximum atomic E-state index is 13.2. The van der Waals surface area contributed by atoms with E-state index in [2.05, 4.69) is 10.4 Å². The summed E-state index contributed by atoms with van der Waals surface area (Å²) in [7, 11) is 1.83. The van der Waals surface area contributed by atoms with Gasteiger partial charge >= 0.3 is 0 Å². The summed E-state index contributed by atoms with van der Waals surface area (Å²) >= 11 is 0. The van der Waals surface area contributed by atoms with Crippen molar-refractivity contribution in [1.29, 1.82) is 0 Å². The maximum absolute atomic E-state index is 13.2. The van der Waals surface area contributed by atoms with Gasteiger partial charge in [0.25, 0.3) is 5.91 Å². The first kappa shape index (κ1) is 16.3. The fourth-order valence-corrected chi connectivity index (χ4v) is 3.97. The number of nitrogens with zero attached hydrogens (tertiary/aromatic N) is 3. The van der Waals surface area contributed by atoms with Crippen LogP contribution in [0.2, 0.25) is 0 Å². The summed E-state index contributed by atoms with van der Waals surface area (Å²) in [6.07, 6.45) is 6.30. The highest BCUT2D eigenvalue weighted by molar-refractivity contribution is 6.06. The monoisotopic (exact) mass is 340 g/mol. The smallest absolute Gasteiger partial charge is 0.261 e. The van der Waals surface area contributed by atoms with Crippen LogP contribution in [0.4, 0.5) is 5.69 Å². The van der Waals surface area contributed by atoms with Gasteiger partial charge in [0.1, 0.15) is 0 Å². The molecule has 4 rings (SSSR count). The maximum Gasteiger partial charge on any atom is 0.261 e. The van der Waals surface area contributed by atoms with Crippen molar-refractivity contribution >= 4 is 11.6 Å². The quantitative estimate of drug-likeness (QED) is 0.928. The molecule has 132 valence electrons. The second kappa shape index (κ2) is 6.61. The number of rotatable bonds is 3. The minimum absolute atomic E-state index is 0.0149. The molecule has 0 saturated carbocycles. The number of aromatic nitrogens is 2. The lowest BCUT2D eigenvalue weighted by Gasteiger charge is -2.34. The van der Waals surface area contributed by atoms with Gasteiger partial charge in [-0.05, 0) is 44.5 Å². The Morgan fingerprint density at radius 2 is 2.08 bits per heavy atom. The summed E-state index contributed by atoms with van der Waals surface area (Å²) in [4.78, 5) is 15.1. The Labute approximate surface area is 147 Å². The fraction of sp³-hybridized carbons (Fsp3) is 0.474. The molecule has 1 N–H and O–H groups in total. The molecule has 2 fully saturated rings. The number of benzene rings is 1. The van der Waals surface area contributed by atoms with E-state index in [4.69, 9.17) is 4.74 Å². The first-order valence-electron chi connectivity index (χ1n) is 8.89. The minimum atomic E-state index is -0.0852. The Morgan fingerprint density at radius 1 is 1.32 bits per heavy atom. The fourth-order valence-electron chi connectivity index (χ4n) is 3.97. The van der Waals surface area contributed by atoms with E-state index in [9.17, 15) is 4.79 Å². The van der Waals surface area contributed by atoms with Crippen LogP contribution in [0.5, 0.6) is 0 Å². The van der Waals surface area contributed by atoms with Crippen molar-refractivity contribution in [2.24, 2.45) is 7.05 Å². The molecule has 1 unspecified atom stereocenters. The van der Waals surface area contributed by atoms with E-state index in [-0.39, 0.29) is 17.6 Å². The van der Waals surface area contributed by atoms with Gasteiger partial charge in [-0.25, -0.2) is 0 Å². The third-order valence-corrected chi connectivity index (χ3v) is 5.27. The normalized spacial score (nSPS) is 22.2. The Bertz CT molecular complexity index is 737. The molecule has 6 heteroatoms. The molecule has 2 aliphatic heterocycles. The molecule has 3 heterocycles. The summed E-state index contributed by atoms with van der Waals surface area (Å²) in [6, 6.07) is 9.93. The number of hydrogen-bond donors (Lipinski definition) is 1. The predicted molar refractivity (Wildman–Crippen MR) is 95.7 cm³/mol. The van der Waals surface area contributed by atoms with Crippen molar-refractivity contribution in [3.63, 3.8) is 0 Å². The van der Waals surface area contributed by atoms with E-state index < -0.39 is 0 Å². The average Bonchev–Trinajstić information content (AvgIpc) is 3.24. The van der Waals surface area contributed by atoms with E-state index in [0.29, 0.717) is 12.2 Å². The predicted octanol–water partition coefficient (Wildman–Crippen LogP) is 1.98. The third kappa shape index (κ3) is 3.19. The largest absolute Gasteiger partial charge is 0.373 e. The Kier molecular flexibility index (Phi) is 4.31. The van der Waals surface area contributed by atoms with Gasteiger partial charge in [-0.2, -0.15) is 5.10 Å². The van der Waals surface area contributed by atoms with Crippen molar-refractivity contribution < 1.29 is 9.53 Å². The summed E-state index contributed by atoms with van der Waals surface area (Å²) in [5.41, 5.74) is 1.44. The summed E-state index contributed by atoms with van der Waals surface area (Å²) < 4.78 is 7.90. The van der Waals surface area contributed by atoms with Crippen LogP contribution in [0.15, 0.2) is 42.7 Å². The number of para-hydroxylation sites is 1. The number of ether oxygens (including phenoxy) is 1. The zero-order chi connectivity index (χ0) is 17.3. The standard InChI is InChI=1S/C19H24N4O2/c1-22-13-15(12-21-22)18(24)23(16-5-3-2-4-6-16)17-11-19(25-14-17)7-9-20-10-8-19/h2-6,12-13,17,20H,7-11,14H2,1H3. The molecule has 1 aromatic heterocycles. The zero-order valence-corrected chi connectivity index (χ0v) is 14.5. The second-order valence-electron chi connectivity index (χ2n) is 7.02. The third-order valence-electron chi connectivity index (χ3n) is 5.27. The van der Waals surface area contributed by atoms with Gasteiger partial charge in [-0.1, -0.05) is 18.2 Å². The molecule has 0 bridgehead atoms. The van der Waals surface area contributed by atoms with Gasteiger partial charge in [-0.3, -0.25) is 9.48 Å². The number of anilines is 1. The molecule has 1 amide bonds. The molecular formula is C19H24N4O2. The van der Waals surface area contributed by atoms with Crippen molar-refractivity contribution in [2.75, 3.05) is 24.6 Å². The molecule has 25 heavy (non-hydrogen) atoms. The molecule has 2 saturated heterocycles. The Morgan fingerprint density at radius 3 is 2.76 bits per heavy atom. The van der Waals surface area contributed by atoms with Crippen molar-refractivity contribution in [2.45, 2.75) is 30.9 Å². The van der Waals surface area contributed by atoms with Crippen molar-refractivity contribution in [1.82, 2.24) is 15.1 Å². The minimum Gasteiger partial charge on any atom is -0.373 e. The number of carbonyl (C=O) groups is 1. The van der Waals surface area contributed by atoms with Gasteiger partial charge in [0.15, 0.2) is 0 Å². The van der Waals surface area contributed by atoms with Gasteiger partial charge in [0.2, 0.25) is 0 Å². The highest BCUT2D eigenvalue weighted by Gasteiger charge is 2.44. The molecule has 0 radical (unpaired) electrons. The number of piperidine rings is 1. The first-order chi connectivity index (χ1) is 12.2. The van der Waals surface area contributed by atoms with Crippen LogP contribution in [-0.2, 0) is 11.8 Å². The highest BCUT2D eigenvalue weighted by atomic mass is 16.5. The Balaban J connectivity index is 1.63. The lowest BCUT2D eigenvalue weighted by molar-refractivity contribution is -0.0193. The van der Waals surface area contributed by atoms with Crippen LogP contribution < -0.4 is 10.2 Å². The molecule has 6 nitrogen and oxygen atoms in total. The molecule has 1 aromatic carbocycles. The SMILES string of the molecule is Cn1cc(C(=O)N(c2ccccc2)C2COC3(CCNCC3)C2)cn1. The number of aryl methyl sites for hydroxylation is 1. The number of amides is 1. The lowest BCUT2D eigenvalue weighted by Crippen LogP contribution is -2.44. The van der Waals surface area contributed by atoms with E-state index in [1.54, 1.807) is 17.1 Å². The van der Waals surface area contributed by atoms with E-state index in [0.717, 1.165) is 38.0 Å². The van der Waals surface area contributed by atoms with Gasteiger partial charge < -0.3 is 15.0 Å². The summed E-state index contributed by atoms with van der Waals surface area (Å²) in [6.45, 7) is 2.55. The van der Waals surface area contributed by atoms with E-state index >= 15 is 0 Å².